The highest BCUT2D eigenvalue weighted by Crippen LogP contribution is 2.30. The van der Waals surface area contributed by atoms with Crippen LogP contribution in [0.2, 0.25) is 5.28 Å². The molecule has 100 valence electrons. The van der Waals surface area contributed by atoms with Gasteiger partial charge in [0.15, 0.2) is 5.65 Å². The molecule has 1 N–H and O–H groups in total. The predicted molar refractivity (Wildman–Crippen MR) is 75.2 cm³/mol. The number of nitrogens with one attached hydrogen (secondary N) is 1. The first-order valence-corrected chi connectivity index (χ1v) is 6.84. The van der Waals surface area contributed by atoms with Crippen molar-refractivity contribution >= 4 is 22.8 Å². The van der Waals surface area contributed by atoms with Crippen molar-refractivity contribution in [1.82, 2.24) is 19.9 Å². The van der Waals surface area contributed by atoms with Crippen LogP contribution in [0.3, 0.4) is 0 Å². The van der Waals surface area contributed by atoms with E-state index in [1.54, 1.807) is 6.33 Å². The first-order valence-electron chi connectivity index (χ1n) is 6.46. The second kappa shape index (κ2) is 4.45. The van der Waals surface area contributed by atoms with Crippen molar-refractivity contribution in [2.24, 2.45) is 0 Å². The molecule has 1 aliphatic rings. The number of H-pyrrole nitrogens is 1. The van der Waals surface area contributed by atoms with E-state index in [1.807, 2.05) is 6.07 Å². The minimum absolute atomic E-state index is 0.126. The molecule has 20 heavy (non-hydrogen) atoms. The third kappa shape index (κ3) is 1.91. The Kier molecular flexibility index (Phi) is 2.60. The normalized spacial score (nSPS) is 13.7. The summed E-state index contributed by atoms with van der Waals surface area (Å²) in [6, 6.07) is 6.15. The van der Waals surface area contributed by atoms with Gasteiger partial charge in [-0.3, -0.25) is 0 Å². The first-order chi connectivity index (χ1) is 9.79. The van der Waals surface area contributed by atoms with Gasteiger partial charge in [0.25, 0.3) is 0 Å². The number of nitrogens with zero attached hydrogens (tertiary/aromatic N) is 3. The molecule has 0 atom stereocenters. The maximum atomic E-state index is 5.88. The molecule has 1 aliphatic carbocycles. The van der Waals surface area contributed by atoms with Crippen molar-refractivity contribution in [3.63, 3.8) is 0 Å². The Morgan fingerprint density at radius 3 is 3.00 bits per heavy atom. The maximum Gasteiger partial charge on any atom is 0.250 e. The van der Waals surface area contributed by atoms with E-state index in [4.69, 9.17) is 16.3 Å². The van der Waals surface area contributed by atoms with E-state index >= 15 is 0 Å². The van der Waals surface area contributed by atoms with Gasteiger partial charge in [0.05, 0.1) is 6.33 Å². The second-order valence-corrected chi connectivity index (χ2v) is 5.12. The van der Waals surface area contributed by atoms with Gasteiger partial charge in [-0.2, -0.15) is 9.97 Å². The predicted octanol–water partition coefficient (Wildman–Crippen LogP) is 3.29. The average Bonchev–Trinajstić information content (AvgIpc) is 3.05. The van der Waals surface area contributed by atoms with Crippen LogP contribution in [-0.4, -0.2) is 19.9 Å². The number of rotatable bonds is 2. The zero-order chi connectivity index (χ0) is 13.5. The van der Waals surface area contributed by atoms with E-state index in [2.05, 4.69) is 32.1 Å². The van der Waals surface area contributed by atoms with E-state index in [-0.39, 0.29) is 5.28 Å². The zero-order valence-corrected chi connectivity index (χ0v) is 11.3. The highest BCUT2D eigenvalue weighted by Gasteiger charge is 2.14. The highest BCUT2D eigenvalue weighted by atomic mass is 35.5. The zero-order valence-electron chi connectivity index (χ0n) is 10.6. The Hall–Kier alpha value is -2.14. The SMILES string of the molecule is Clc1nc(Oc2ccc3c(c2)CCC3)c2[nH]cnc2n1. The van der Waals surface area contributed by atoms with Crippen LogP contribution in [0.25, 0.3) is 11.2 Å². The minimum atomic E-state index is 0.126. The third-order valence-corrected chi connectivity index (χ3v) is 3.68. The molecule has 0 radical (unpaired) electrons. The summed E-state index contributed by atoms with van der Waals surface area (Å²) in [6.07, 6.45) is 5.02. The molecule has 0 unspecified atom stereocenters. The van der Waals surface area contributed by atoms with Gasteiger partial charge < -0.3 is 9.72 Å². The van der Waals surface area contributed by atoms with Crippen LogP contribution in [0, 0.1) is 0 Å². The molecule has 1 aromatic carbocycles. The Bertz CT molecular complexity index is 799. The number of ether oxygens (including phenoxy) is 1. The topological polar surface area (TPSA) is 63.7 Å². The molecule has 0 aliphatic heterocycles. The van der Waals surface area contributed by atoms with E-state index in [9.17, 15) is 0 Å². The fourth-order valence-corrected chi connectivity index (χ4v) is 2.74. The Morgan fingerprint density at radius 2 is 2.05 bits per heavy atom. The molecule has 0 saturated carbocycles. The Labute approximate surface area is 120 Å². The molecule has 0 fully saturated rings. The van der Waals surface area contributed by atoms with Crippen LogP contribution in [0.4, 0.5) is 0 Å². The molecule has 0 amide bonds. The summed E-state index contributed by atoms with van der Waals surface area (Å²) in [5, 5.41) is 0.126. The van der Waals surface area contributed by atoms with Crippen LogP contribution in [0.1, 0.15) is 17.5 Å². The fraction of sp³-hybridized carbons (Fsp3) is 0.214. The fourth-order valence-electron chi connectivity index (χ4n) is 2.58. The van der Waals surface area contributed by atoms with Gasteiger partial charge in [0.1, 0.15) is 11.3 Å². The Balaban J connectivity index is 1.75. The summed E-state index contributed by atoms with van der Waals surface area (Å²) < 4.78 is 5.85. The number of hydrogen-bond donors (Lipinski definition) is 1. The number of hydrogen-bond acceptors (Lipinski definition) is 4. The van der Waals surface area contributed by atoms with Gasteiger partial charge in [-0.05, 0) is 54.1 Å². The van der Waals surface area contributed by atoms with Crippen molar-refractivity contribution in [3.8, 4) is 11.6 Å². The summed E-state index contributed by atoms with van der Waals surface area (Å²) in [4.78, 5) is 15.2. The monoisotopic (exact) mass is 286 g/mol. The Morgan fingerprint density at radius 1 is 1.15 bits per heavy atom. The summed E-state index contributed by atoms with van der Waals surface area (Å²) >= 11 is 5.88. The molecule has 3 aromatic rings. The quantitative estimate of drug-likeness (QED) is 0.734. The van der Waals surface area contributed by atoms with E-state index in [1.165, 1.54) is 17.5 Å². The number of halogens is 1. The van der Waals surface area contributed by atoms with Crippen molar-refractivity contribution in [1.29, 1.82) is 0 Å². The molecule has 5 nitrogen and oxygen atoms in total. The number of aromatic amines is 1. The van der Waals surface area contributed by atoms with Crippen molar-refractivity contribution in [2.75, 3.05) is 0 Å². The first kappa shape index (κ1) is 11.7. The molecule has 0 saturated heterocycles. The number of imidazole rings is 1. The molecule has 0 bridgehead atoms. The number of fused-ring (bicyclic) bond motifs is 2. The lowest BCUT2D eigenvalue weighted by Crippen LogP contribution is -1.93. The van der Waals surface area contributed by atoms with E-state index < -0.39 is 0 Å². The molecule has 4 rings (SSSR count). The van der Waals surface area contributed by atoms with E-state index in [0.717, 1.165) is 18.6 Å². The van der Waals surface area contributed by atoms with Crippen molar-refractivity contribution in [2.45, 2.75) is 19.3 Å². The lowest BCUT2D eigenvalue weighted by Gasteiger charge is -2.07. The van der Waals surface area contributed by atoms with Crippen LogP contribution in [-0.2, 0) is 12.8 Å². The molecule has 0 spiro atoms. The number of aryl methyl sites for hydroxylation is 2. The van der Waals surface area contributed by atoms with Gasteiger partial charge in [-0.1, -0.05) is 6.07 Å². The molecule has 6 heteroatoms. The van der Waals surface area contributed by atoms with Gasteiger partial charge in [0.2, 0.25) is 11.2 Å². The maximum absolute atomic E-state index is 5.88. The lowest BCUT2D eigenvalue weighted by atomic mass is 10.1. The summed E-state index contributed by atoms with van der Waals surface area (Å²) in [6.45, 7) is 0. The van der Waals surface area contributed by atoms with Crippen LogP contribution < -0.4 is 4.74 Å². The van der Waals surface area contributed by atoms with Crippen LogP contribution in [0.15, 0.2) is 24.5 Å². The highest BCUT2D eigenvalue weighted by molar-refractivity contribution is 6.28. The summed E-state index contributed by atoms with van der Waals surface area (Å²) in [7, 11) is 0. The average molecular weight is 287 g/mol. The molecule has 2 heterocycles. The van der Waals surface area contributed by atoms with Gasteiger partial charge >= 0.3 is 0 Å². The number of benzene rings is 1. The van der Waals surface area contributed by atoms with Crippen LogP contribution >= 0.6 is 11.6 Å². The molecular formula is C14H11ClN4O. The summed E-state index contributed by atoms with van der Waals surface area (Å²) in [5.74, 6) is 1.16. The van der Waals surface area contributed by atoms with Gasteiger partial charge in [-0.15, -0.1) is 0 Å². The van der Waals surface area contributed by atoms with E-state index in [0.29, 0.717) is 17.0 Å². The minimum Gasteiger partial charge on any atom is -0.437 e. The van der Waals surface area contributed by atoms with Gasteiger partial charge in [-0.25, -0.2) is 4.98 Å². The summed E-state index contributed by atoms with van der Waals surface area (Å²) in [5.41, 5.74) is 3.91. The third-order valence-electron chi connectivity index (χ3n) is 3.51. The van der Waals surface area contributed by atoms with Crippen molar-refractivity contribution < 1.29 is 4.74 Å². The lowest BCUT2D eigenvalue weighted by molar-refractivity contribution is 0.466. The molecule has 2 aromatic heterocycles. The standard InChI is InChI=1S/C14H11ClN4O/c15-14-18-12-11(16-7-17-12)13(19-14)20-10-5-4-8-2-1-3-9(8)6-10/h4-7H,1-3H2,(H,16,17,18,19). The second-order valence-electron chi connectivity index (χ2n) is 4.79. The molecular weight excluding hydrogens is 276 g/mol. The number of aromatic nitrogens is 4. The van der Waals surface area contributed by atoms with Crippen molar-refractivity contribution in [3.05, 3.63) is 40.9 Å². The van der Waals surface area contributed by atoms with Gasteiger partial charge in [0, 0.05) is 0 Å². The smallest absolute Gasteiger partial charge is 0.250 e. The van der Waals surface area contributed by atoms with Crippen LogP contribution in [0.5, 0.6) is 11.6 Å². The largest absolute Gasteiger partial charge is 0.437 e.